The van der Waals surface area contributed by atoms with E-state index < -0.39 is 29.1 Å². The average molecular weight is 399 g/mol. The molecule has 0 spiro atoms. The number of rotatable bonds is 3. The number of benzene rings is 1. The van der Waals surface area contributed by atoms with E-state index in [2.05, 4.69) is 27.5 Å². The normalized spacial score (nSPS) is 21.3. The van der Waals surface area contributed by atoms with Gasteiger partial charge in [0.2, 0.25) is 17.8 Å². The second-order valence-electron chi connectivity index (χ2n) is 7.62. The highest BCUT2D eigenvalue weighted by atomic mass is 19.1. The summed E-state index contributed by atoms with van der Waals surface area (Å²) in [6, 6.07) is 5.73. The van der Waals surface area contributed by atoms with Gasteiger partial charge in [-0.1, -0.05) is 19.1 Å². The Labute approximate surface area is 166 Å². The Hall–Kier alpha value is -3.23. The molecule has 0 unspecified atom stereocenters. The summed E-state index contributed by atoms with van der Waals surface area (Å²) in [4.78, 5) is 46.9. The standard InChI is InChI=1S/C20H22FN5O3/c1-11-5-4-8-26(10-11)20-24-17-16(19(29)25-20)12(9-15(27)23-17)18(28)22-14-7-3-2-6-13(14)21/h2-3,6-7,11-12H,4-5,8-10H2,1H3,(H,22,28)(H2,23,24,25,27,29)/t11-,12-/m0/s1. The van der Waals surface area contributed by atoms with Gasteiger partial charge < -0.3 is 15.5 Å². The number of nitrogens with zero attached hydrogens (tertiary/aromatic N) is 2. The van der Waals surface area contributed by atoms with Crippen LogP contribution >= 0.6 is 0 Å². The number of halogens is 1. The monoisotopic (exact) mass is 399 g/mol. The molecule has 1 aromatic carbocycles. The summed E-state index contributed by atoms with van der Waals surface area (Å²) in [6.07, 6.45) is 1.89. The Morgan fingerprint density at radius 2 is 2.10 bits per heavy atom. The number of H-pyrrole nitrogens is 1. The lowest BCUT2D eigenvalue weighted by Gasteiger charge is -2.32. The number of anilines is 3. The second kappa shape index (κ2) is 7.65. The van der Waals surface area contributed by atoms with Crippen LogP contribution < -0.4 is 21.1 Å². The molecule has 2 aliphatic heterocycles. The van der Waals surface area contributed by atoms with Gasteiger partial charge in [0.05, 0.1) is 17.2 Å². The predicted octanol–water partition coefficient (Wildman–Crippen LogP) is 2.21. The molecule has 2 aliphatic rings. The van der Waals surface area contributed by atoms with Gasteiger partial charge >= 0.3 is 0 Å². The van der Waals surface area contributed by atoms with E-state index in [4.69, 9.17) is 0 Å². The van der Waals surface area contributed by atoms with Crippen LogP contribution in [0.3, 0.4) is 0 Å². The number of piperidine rings is 1. The second-order valence-corrected chi connectivity index (χ2v) is 7.62. The van der Waals surface area contributed by atoms with E-state index in [1.165, 1.54) is 18.2 Å². The molecule has 3 heterocycles. The van der Waals surface area contributed by atoms with Crippen molar-refractivity contribution in [3.8, 4) is 0 Å². The molecule has 1 aromatic heterocycles. The lowest BCUT2D eigenvalue weighted by atomic mass is 9.92. The van der Waals surface area contributed by atoms with Gasteiger partial charge in [-0.2, -0.15) is 4.98 Å². The number of amides is 2. The Kier molecular flexibility index (Phi) is 5.04. The molecular weight excluding hydrogens is 377 g/mol. The maximum atomic E-state index is 13.9. The molecule has 29 heavy (non-hydrogen) atoms. The third-order valence-corrected chi connectivity index (χ3v) is 5.34. The van der Waals surface area contributed by atoms with Crippen LogP contribution in [0.5, 0.6) is 0 Å². The number of nitrogens with one attached hydrogen (secondary N) is 3. The van der Waals surface area contributed by atoms with Crippen LogP contribution in [0.25, 0.3) is 0 Å². The maximum absolute atomic E-state index is 13.9. The largest absolute Gasteiger partial charge is 0.342 e. The molecule has 0 bridgehead atoms. The van der Waals surface area contributed by atoms with Crippen molar-refractivity contribution < 1.29 is 14.0 Å². The maximum Gasteiger partial charge on any atom is 0.258 e. The van der Waals surface area contributed by atoms with Crippen LogP contribution in [0.1, 0.15) is 37.7 Å². The molecule has 1 saturated heterocycles. The smallest absolute Gasteiger partial charge is 0.258 e. The first-order chi connectivity index (χ1) is 13.9. The van der Waals surface area contributed by atoms with Crippen molar-refractivity contribution in [3.05, 3.63) is 46.0 Å². The fourth-order valence-electron chi connectivity index (χ4n) is 3.90. The number of fused-ring (bicyclic) bond motifs is 1. The number of para-hydroxylation sites is 1. The van der Waals surface area contributed by atoms with E-state index >= 15 is 0 Å². The van der Waals surface area contributed by atoms with Crippen molar-refractivity contribution in [1.29, 1.82) is 0 Å². The van der Waals surface area contributed by atoms with Gasteiger partial charge in [-0.25, -0.2) is 4.39 Å². The number of hydrogen-bond acceptors (Lipinski definition) is 5. The zero-order valence-electron chi connectivity index (χ0n) is 16.0. The Bertz CT molecular complexity index is 1020. The van der Waals surface area contributed by atoms with Crippen LogP contribution in [0.4, 0.5) is 21.8 Å². The topological polar surface area (TPSA) is 107 Å². The highest BCUT2D eigenvalue weighted by molar-refractivity contribution is 6.04. The van der Waals surface area contributed by atoms with E-state index in [0.717, 1.165) is 25.9 Å². The van der Waals surface area contributed by atoms with Crippen molar-refractivity contribution in [2.24, 2.45) is 5.92 Å². The average Bonchev–Trinajstić information content (AvgIpc) is 2.68. The van der Waals surface area contributed by atoms with Gasteiger partial charge in [-0.05, 0) is 30.9 Å². The first-order valence-corrected chi connectivity index (χ1v) is 9.66. The number of aromatic nitrogens is 2. The minimum atomic E-state index is -1.05. The van der Waals surface area contributed by atoms with Crippen molar-refractivity contribution in [1.82, 2.24) is 9.97 Å². The zero-order chi connectivity index (χ0) is 20.5. The minimum absolute atomic E-state index is 0.00616. The molecule has 152 valence electrons. The molecule has 0 radical (unpaired) electrons. The van der Waals surface area contributed by atoms with Crippen LogP contribution in [-0.2, 0) is 9.59 Å². The van der Waals surface area contributed by atoms with Crippen LogP contribution in [0, 0.1) is 11.7 Å². The van der Waals surface area contributed by atoms with Crippen LogP contribution in [0.2, 0.25) is 0 Å². The van der Waals surface area contributed by atoms with E-state index in [9.17, 15) is 18.8 Å². The summed E-state index contributed by atoms with van der Waals surface area (Å²) in [7, 11) is 0. The fraction of sp³-hybridized carbons (Fsp3) is 0.400. The molecule has 1 fully saturated rings. The fourth-order valence-corrected chi connectivity index (χ4v) is 3.90. The van der Waals surface area contributed by atoms with Crippen molar-refractivity contribution in [2.45, 2.75) is 32.1 Å². The number of aromatic amines is 1. The Morgan fingerprint density at radius 3 is 2.86 bits per heavy atom. The van der Waals surface area contributed by atoms with E-state index in [0.29, 0.717) is 11.9 Å². The van der Waals surface area contributed by atoms with Gasteiger partial charge in [0.25, 0.3) is 5.56 Å². The third-order valence-electron chi connectivity index (χ3n) is 5.34. The lowest BCUT2D eigenvalue weighted by molar-refractivity contribution is -0.123. The van der Waals surface area contributed by atoms with E-state index in [1.54, 1.807) is 6.07 Å². The van der Waals surface area contributed by atoms with Gasteiger partial charge in [0.15, 0.2) is 0 Å². The van der Waals surface area contributed by atoms with Crippen molar-refractivity contribution >= 4 is 29.3 Å². The molecule has 0 aliphatic carbocycles. The number of carbonyl (C=O) groups is 2. The number of carbonyl (C=O) groups excluding carboxylic acids is 2. The van der Waals surface area contributed by atoms with E-state index in [1.807, 2.05) is 4.90 Å². The third kappa shape index (κ3) is 3.85. The molecule has 2 amide bonds. The zero-order valence-corrected chi connectivity index (χ0v) is 16.0. The van der Waals surface area contributed by atoms with Crippen molar-refractivity contribution in [3.63, 3.8) is 0 Å². The Balaban J connectivity index is 1.66. The number of hydrogen-bond donors (Lipinski definition) is 3. The first-order valence-electron chi connectivity index (χ1n) is 9.66. The first kappa shape index (κ1) is 19.1. The van der Waals surface area contributed by atoms with Gasteiger partial charge in [0.1, 0.15) is 11.6 Å². The summed E-state index contributed by atoms with van der Waals surface area (Å²) >= 11 is 0. The molecule has 2 aromatic rings. The van der Waals surface area contributed by atoms with E-state index in [-0.39, 0.29) is 23.5 Å². The van der Waals surface area contributed by atoms with Crippen LogP contribution in [-0.4, -0.2) is 34.9 Å². The predicted molar refractivity (Wildman–Crippen MR) is 106 cm³/mol. The molecule has 3 N–H and O–H groups in total. The lowest BCUT2D eigenvalue weighted by Crippen LogP contribution is -2.40. The SMILES string of the molecule is C[C@H]1CCCN(c2nc3c(c(=O)[nH]2)[C@@H](C(=O)Nc2ccccc2F)CC(=O)N3)C1. The summed E-state index contributed by atoms with van der Waals surface area (Å²) in [5, 5.41) is 5.07. The molecule has 4 rings (SSSR count). The van der Waals surface area contributed by atoms with Gasteiger partial charge in [-0.3, -0.25) is 19.4 Å². The van der Waals surface area contributed by atoms with Gasteiger partial charge in [0, 0.05) is 19.5 Å². The minimum Gasteiger partial charge on any atom is -0.342 e. The molecule has 8 nitrogen and oxygen atoms in total. The van der Waals surface area contributed by atoms with Crippen molar-refractivity contribution in [2.75, 3.05) is 28.6 Å². The summed E-state index contributed by atoms with van der Waals surface area (Å²) < 4.78 is 13.9. The molecule has 2 atom stereocenters. The Morgan fingerprint density at radius 1 is 1.31 bits per heavy atom. The summed E-state index contributed by atoms with van der Waals surface area (Å²) in [5.41, 5.74) is -0.391. The summed E-state index contributed by atoms with van der Waals surface area (Å²) in [6.45, 7) is 3.65. The van der Waals surface area contributed by atoms with Gasteiger partial charge in [-0.15, -0.1) is 0 Å². The highest BCUT2D eigenvalue weighted by Crippen LogP contribution is 2.31. The van der Waals surface area contributed by atoms with Crippen LogP contribution in [0.15, 0.2) is 29.1 Å². The molecular formula is C20H22FN5O3. The quantitative estimate of drug-likeness (QED) is 0.734. The highest BCUT2D eigenvalue weighted by Gasteiger charge is 2.35. The molecule has 0 saturated carbocycles. The summed E-state index contributed by atoms with van der Waals surface area (Å²) in [5.74, 6) is -1.74. The molecule has 9 heteroatoms.